The molecule has 2 heteroatoms. The van der Waals surface area contributed by atoms with Crippen molar-refractivity contribution < 1.29 is 9.90 Å². The summed E-state index contributed by atoms with van der Waals surface area (Å²) < 4.78 is 0. The van der Waals surface area contributed by atoms with Gasteiger partial charge in [-0.15, -0.1) is 0 Å². The summed E-state index contributed by atoms with van der Waals surface area (Å²) in [6.45, 7) is 6.44. The van der Waals surface area contributed by atoms with Crippen LogP contribution < -0.4 is 0 Å². The molecule has 22 heavy (non-hydrogen) atoms. The van der Waals surface area contributed by atoms with E-state index in [1.807, 2.05) is 6.92 Å². The summed E-state index contributed by atoms with van der Waals surface area (Å²) in [7, 11) is 0. The van der Waals surface area contributed by atoms with Gasteiger partial charge in [0, 0.05) is 0 Å². The van der Waals surface area contributed by atoms with E-state index in [1.165, 1.54) is 77.0 Å². The van der Waals surface area contributed by atoms with Gasteiger partial charge in [-0.1, -0.05) is 104 Å². The van der Waals surface area contributed by atoms with E-state index < -0.39 is 5.97 Å². The van der Waals surface area contributed by atoms with E-state index in [2.05, 4.69) is 13.8 Å². The average Bonchev–Trinajstić information content (AvgIpc) is 2.49. The van der Waals surface area contributed by atoms with E-state index in [-0.39, 0.29) is 5.92 Å². The van der Waals surface area contributed by atoms with Crippen molar-refractivity contribution in [1.29, 1.82) is 0 Å². The second kappa shape index (κ2) is 15.4. The summed E-state index contributed by atoms with van der Waals surface area (Å²) in [6, 6.07) is 0. The first-order chi connectivity index (χ1) is 10.6. The summed E-state index contributed by atoms with van der Waals surface area (Å²) in [4.78, 5) is 10.7. The van der Waals surface area contributed by atoms with Crippen LogP contribution in [-0.4, -0.2) is 11.1 Å². The molecule has 132 valence electrons. The van der Waals surface area contributed by atoms with Gasteiger partial charge in [-0.05, 0) is 12.3 Å². The van der Waals surface area contributed by atoms with Gasteiger partial charge in [-0.2, -0.15) is 0 Å². The van der Waals surface area contributed by atoms with Crippen LogP contribution in [0.3, 0.4) is 0 Å². The molecule has 0 spiro atoms. The topological polar surface area (TPSA) is 37.3 Å². The molecule has 0 saturated heterocycles. The number of carboxylic acids is 1. The van der Waals surface area contributed by atoms with Gasteiger partial charge >= 0.3 is 5.97 Å². The first-order valence-corrected chi connectivity index (χ1v) is 9.80. The molecule has 0 saturated carbocycles. The Morgan fingerprint density at radius 2 is 1.14 bits per heavy atom. The number of rotatable bonds is 16. The molecule has 0 aliphatic rings. The third-order valence-corrected chi connectivity index (χ3v) is 4.81. The minimum atomic E-state index is -0.650. The van der Waals surface area contributed by atoms with E-state index in [0.29, 0.717) is 0 Å². The Hall–Kier alpha value is -0.530. The third-order valence-electron chi connectivity index (χ3n) is 4.81. The van der Waals surface area contributed by atoms with Crippen LogP contribution in [-0.2, 0) is 4.79 Å². The van der Waals surface area contributed by atoms with Crippen molar-refractivity contribution in [3.8, 4) is 0 Å². The maximum Gasteiger partial charge on any atom is 0.306 e. The fourth-order valence-corrected chi connectivity index (χ4v) is 3.01. The fourth-order valence-electron chi connectivity index (χ4n) is 3.01. The molecule has 2 unspecified atom stereocenters. The predicted octanol–water partition coefficient (Wildman–Crippen LogP) is 6.82. The van der Waals surface area contributed by atoms with Gasteiger partial charge in [-0.3, -0.25) is 4.79 Å². The smallest absolute Gasteiger partial charge is 0.306 e. The Bertz CT molecular complexity index is 250. The Kier molecular flexibility index (Phi) is 15.0. The second-order valence-corrected chi connectivity index (χ2v) is 7.25. The Morgan fingerprint density at radius 1 is 0.727 bits per heavy atom. The zero-order valence-corrected chi connectivity index (χ0v) is 15.4. The lowest BCUT2D eigenvalue weighted by molar-refractivity contribution is -0.141. The zero-order chi connectivity index (χ0) is 16.6. The Morgan fingerprint density at radius 3 is 1.64 bits per heavy atom. The van der Waals surface area contributed by atoms with Crippen molar-refractivity contribution in [2.75, 3.05) is 0 Å². The monoisotopic (exact) mass is 312 g/mol. The molecule has 0 bridgehead atoms. The molecule has 0 radical (unpaired) electrons. The highest BCUT2D eigenvalue weighted by atomic mass is 16.4. The molecule has 0 aliphatic carbocycles. The minimum absolute atomic E-state index is 0.173. The highest BCUT2D eigenvalue weighted by Gasteiger charge is 2.10. The van der Waals surface area contributed by atoms with E-state index in [4.69, 9.17) is 5.11 Å². The van der Waals surface area contributed by atoms with Crippen molar-refractivity contribution in [2.45, 2.75) is 111 Å². The minimum Gasteiger partial charge on any atom is -0.481 e. The van der Waals surface area contributed by atoms with Crippen LogP contribution in [0.25, 0.3) is 0 Å². The van der Waals surface area contributed by atoms with E-state index in [1.54, 1.807) is 0 Å². The summed E-state index contributed by atoms with van der Waals surface area (Å²) in [6.07, 6.45) is 18.3. The molecule has 0 aromatic rings. The van der Waals surface area contributed by atoms with Crippen molar-refractivity contribution in [3.05, 3.63) is 0 Å². The molecular formula is C20H40O2. The van der Waals surface area contributed by atoms with Gasteiger partial charge in [0.25, 0.3) is 0 Å². The van der Waals surface area contributed by atoms with Crippen LogP contribution in [0.2, 0.25) is 0 Å². The van der Waals surface area contributed by atoms with Crippen molar-refractivity contribution in [2.24, 2.45) is 11.8 Å². The van der Waals surface area contributed by atoms with Gasteiger partial charge in [0.15, 0.2) is 0 Å². The summed E-state index contributed by atoms with van der Waals surface area (Å²) in [5.41, 5.74) is 0. The van der Waals surface area contributed by atoms with Crippen LogP contribution in [0.4, 0.5) is 0 Å². The number of carboxylic acid groups (broad SMARTS) is 1. The number of hydrogen-bond acceptors (Lipinski definition) is 1. The second-order valence-electron chi connectivity index (χ2n) is 7.25. The summed E-state index contributed by atoms with van der Waals surface area (Å²) in [5.74, 6) is -0.0138. The fraction of sp³-hybridized carbons (Fsp3) is 0.950. The van der Waals surface area contributed by atoms with E-state index in [9.17, 15) is 4.79 Å². The zero-order valence-electron chi connectivity index (χ0n) is 15.4. The maximum absolute atomic E-state index is 10.7. The van der Waals surface area contributed by atoms with Crippen molar-refractivity contribution >= 4 is 5.97 Å². The van der Waals surface area contributed by atoms with E-state index >= 15 is 0 Å². The number of hydrogen-bond donors (Lipinski definition) is 1. The molecule has 0 aromatic carbocycles. The Labute approximate surface area is 139 Å². The van der Waals surface area contributed by atoms with Gasteiger partial charge < -0.3 is 5.11 Å². The molecule has 0 heterocycles. The predicted molar refractivity (Wildman–Crippen MR) is 96.3 cm³/mol. The van der Waals surface area contributed by atoms with Gasteiger partial charge in [0.2, 0.25) is 0 Å². The molecule has 0 fully saturated rings. The summed E-state index contributed by atoms with van der Waals surface area (Å²) >= 11 is 0. The van der Waals surface area contributed by atoms with Crippen molar-refractivity contribution in [1.82, 2.24) is 0 Å². The number of aliphatic carboxylic acids is 1. The normalized spacial score (nSPS) is 14.0. The molecule has 0 aliphatic heterocycles. The van der Waals surface area contributed by atoms with Crippen LogP contribution in [0.15, 0.2) is 0 Å². The molecule has 0 rings (SSSR count). The van der Waals surface area contributed by atoms with Gasteiger partial charge in [-0.25, -0.2) is 0 Å². The first kappa shape index (κ1) is 21.5. The lowest BCUT2D eigenvalue weighted by Gasteiger charge is -2.12. The van der Waals surface area contributed by atoms with Crippen LogP contribution in [0, 0.1) is 11.8 Å². The van der Waals surface area contributed by atoms with Crippen molar-refractivity contribution in [3.63, 3.8) is 0 Å². The molecule has 2 atom stereocenters. The number of carbonyl (C=O) groups is 1. The molecular weight excluding hydrogens is 272 g/mol. The quantitative estimate of drug-likeness (QED) is 0.317. The molecule has 1 N–H and O–H groups in total. The van der Waals surface area contributed by atoms with Gasteiger partial charge in [0.1, 0.15) is 0 Å². The van der Waals surface area contributed by atoms with Crippen LogP contribution in [0.1, 0.15) is 111 Å². The van der Waals surface area contributed by atoms with E-state index in [0.717, 1.165) is 18.8 Å². The highest BCUT2D eigenvalue weighted by Crippen LogP contribution is 2.19. The van der Waals surface area contributed by atoms with Crippen LogP contribution >= 0.6 is 0 Å². The summed E-state index contributed by atoms with van der Waals surface area (Å²) in [5, 5.41) is 8.84. The SMILES string of the molecule is CCCCCCCCCCCC(C)CCCCC(C)C(=O)O. The first-order valence-electron chi connectivity index (χ1n) is 9.80. The largest absolute Gasteiger partial charge is 0.481 e. The van der Waals surface area contributed by atoms with Gasteiger partial charge in [0.05, 0.1) is 5.92 Å². The number of unbranched alkanes of at least 4 members (excludes halogenated alkanes) is 9. The average molecular weight is 313 g/mol. The Balaban J connectivity index is 3.25. The maximum atomic E-state index is 10.7. The highest BCUT2D eigenvalue weighted by molar-refractivity contribution is 5.69. The van der Waals surface area contributed by atoms with Crippen LogP contribution in [0.5, 0.6) is 0 Å². The third kappa shape index (κ3) is 14.4. The molecule has 0 aromatic heterocycles. The lowest BCUT2D eigenvalue weighted by atomic mass is 9.95. The molecule has 0 amide bonds. The lowest BCUT2D eigenvalue weighted by Crippen LogP contribution is -2.09. The standard InChI is InChI=1S/C20H40O2/c1-4-5-6-7-8-9-10-11-12-15-18(2)16-13-14-17-19(3)20(21)22/h18-19H,4-17H2,1-3H3,(H,21,22). The molecule has 2 nitrogen and oxygen atoms in total.